The Labute approximate surface area is 155 Å². The Morgan fingerprint density at radius 2 is 2.04 bits per heavy atom. The maximum atomic E-state index is 12.4. The van der Waals surface area contributed by atoms with Crippen molar-refractivity contribution >= 4 is 23.0 Å². The van der Waals surface area contributed by atoms with Crippen LogP contribution in [-0.4, -0.2) is 35.7 Å². The summed E-state index contributed by atoms with van der Waals surface area (Å²) < 4.78 is 15.4. The van der Waals surface area contributed by atoms with Crippen LogP contribution in [0.25, 0.3) is 11.1 Å². The second-order valence-electron chi connectivity index (χ2n) is 5.96. The number of amides is 1. The Hall–Kier alpha value is -3.42. The Kier molecular flexibility index (Phi) is 5.35. The average molecular weight is 369 g/mol. The smallest absolute Gasteiger partial charge is 0.339 e. The van der Waals surface area contributed by atoms with Gasteiger partial charge in [0.2, 0.25) is 0 Å². The largest absolute Gasteiger partial charge is 0.497 e. The predicted molar refractivity (Wildman–Crippen MR) is 96.4 cm³/mol. The van der Waals surface area contributed by atoms with Crippen LogP contribution in [0, 0.1) is 13.8 Å². The van der Waals surface area contributed by atoms with Crippen LogP contribution in [0.3, 0.4) is 0 Å². The number of hydrogen-bond acceptors (Lipinski definition) is 7. The maximum Gasteiger partial charge on any atom is 0.339 e. The van der Waals surface area contributed by atoms with E-state index in [0.29, 0.717) is 29.1 Å². The monoisotopic (exact) mass is 369 g/mol. The third kappa shape index (κ3) is 4.22. The summed E-state index contributed by atoms with van der Waals surface area (Å²) in [5.41, 5.74) is 2.54. The van der Waals surface area contributed by atoms with Crippen LogP contribution < -0.4 is 10.1 Å². The van der Waals surface area contributed by atoms with Gasteiger partial charge in [0.15, 0.2) is 6.61 Å². The second kappa shape index (κ2) is 7.86. The number of pyridine rings is 1. The molecule has 0 aliphatic rings. The topological polar surface area (TPSA) is 104 Å². The fourth-order valence-corrected chi connectivity index (χ4v) is 2.62. The molecule has 0 atom stereocenters. The highest BCUT2D eigenvalue weighted by atomic mass is 16.5. The SMILES string of the molecule is COc1cccc(CNC(=O)COC(=O)c2cc(C)nc3onc(C)c23)c1. The minimum absolute atomic E-state index is 0.266. The van der Waals surface area contributed by atoms with Gasteiger partial charge in [-0.15, -0.1) is 0 Å². The van der Waals surface area contributed by atoms with Gasteiger partial charge in [0.05, 0.1) is 23.8 Å². The molecule has 8 heteroatoms. The number of benzene rings is 1. The van der Waals surface area contributed by atoms with Gasteiger partial charge in [-0.3, -0.25) is 4.79 Å². The van der Waals surface area contributed by atoms with Crippen molar-refractivity contribution in [2.45, 2.75) is 20.4 Å². The Morgan fingerprint density at radius 1 is 1.22 bits per heavy atom. The Morgan fingerprint density at radius 3 is 2.81 bits per heavy atom. The van der Waals surface area contributed by atoms with E-state index < -0.39 is 18.5 Å². The second-order valence-corrected chi connectivity index (χ2v) is 5.96. The first-order valence-electron chi connectivity index (χ1n) is 8.28. The number of aromatic nitrogens is 2. The lowest BCUT2D eigenvalue weighted by molar-refractivity contribution is -0.124. The van der Waals surface area contributed by atoms with Crippen LogP contribution in [0.4, 0.5) is 0 Å². The third-order valence-electron chi connectivity index (χ3n) is 3.92. The highest BCUT2D eigenvalue weighted by molar-refractivity contribution is 6.03. The highest BCUT2D eigenvalue weighted by Crippen LogP contribution is 2.22. The Bertz CT molecular complexity index is 996. The first-order valence-corrected chi connectivity index (χ1v) is 8.28. The van der Waals surface area contributed by atoms with E-state index >= 15 is 0 Å². The van der Waals surface area contributed by atoms with Crippen LogP contribution in [-0.2, 0) is 16.1 Å². The molecule has 0 bridgehead atoms. The molecule has 0 saturated carbocycles. The number of nitrogens with zero attached hydrogens (tertiary/aromatic N) is 2. The van der Waals surface area contributed by atoms with E-state index in [1.807, 2.05) is 24.3 Å². The molecule has 1 amide bonds. The van der Waals surface area contributed by atoms with Gasteiger partial charge < -0.3 is 19.3 Å². The molecule has 2 heterocycles. The van der Waals surface area contributed by atoms with Crippen molar-refractivity contribution in [2.24, 2.45) is 0 Å². The van der Waals surface area contributed by atoms with E-state index in [2.05, 4.69) is 15.5 Å². The average Bonchev–Trinajstić information content (AvgIpc) is 3.04. The third-order valence-corrected chi connectivity index (χ3v) is 3.92. The van der Waals surface area contributed by atoms with Crippen LogP contribution >= 0.6 is 0 Å². The van der Waals surface area contributed by atoms with Crippen molar-refractivity contribution < 1.29 is 23.6 Å². The molecule has 1 aromatic carbocycles. The minimum Gasteiger partial charge on any atom is -0.497 e. The molecule has 0 spiro atoms. The predicted octanol–water partition coefficient (Wildman–Crippen LogP) is 2.32. The fraction of sp³-hybridized carbons (Fsp3) is 0.263. The number of ether oxygens (including phenoxy) is 2. The van der Waals surface area contributed by atoms with E-state index in [0.717, 1.165) is 5.56 Å². The van der Waals surface area contributed by atoms with E-state index in [4.69, 9.17) is 14.0 Å². The van der Waals surface area contributed by atoms with Gasteiger partial charge in [0.25, 0.3) is 11.6 Å². The van der Waals surface area contributed by atoms with Gasteiger partial charge in [0, 0.05) is 12.2 Å². The van der Waals surface area contributed by atoms with Crippen molar-refractivity contribution in [3.05, 3.63) is 52.8 Å². The van der Waals surface area contributed by atoms with Crippen molar-refractivity contribution in [1.29, 1.82) is 0 Å². The number of methoxy groups -OCH3 is 1. The number of carbonyl (C=O) groups excluding carboxylic acids is 2. The molecule has 1 N–H and O–H groups in total. The van der Waals surface area contributed by atoms with Crippen molar-refractivity contribution in [2.75, 3.05) is 13.7 Å². The van der Waals surface area contributed by atoms with Crippen LogP contribution in [0.2, 0.25) is 0 Å². The molecule has 3 aromatic rings. The van der Waals surface area contributed by atoms with E-state index in [-0.39, 0.29) is 11.3 Å². The summed E-state index contributed by atoms with van der Waals surface area (Å²) in [6, 6.07) is 8.91. The molecule has 0 radical (unpaired) electrons. The lowest BCUT2D eigenvalue weighted by Crippen LogP contribution is -2.28. The number of hydrogen-bond donors (Lipinski definition) is 1. The standard InChI is InChI=1S/C19H19N3O5/c1-11-7-15(17-12(2)22-27-18(17)21-11)19(24)26-10-16(23)20-9-13-5-4-6-14(8-13)25-3/h4-8H,9-10H2,1-3H3,(H,20,23). The van der Waals surface area contributed by atoms with E-state index in [9.17, 15) is 9.59 Å². The molecule has 3 rings (SSSR count). The lowest BCUT2D eigenvalue weighted by atomic mass is 10.1. The van der Waals surface area contributed by atoms with E-state index in [1.165, 1.54) is 0 Å². The molecule has 2 aromatic heterocycles. The first-order chi connectivity index (χ1) is 13.0. The number of fused-ring (bicyclic) bond motifs is 1. The molecule has 27 heavy (non-hydrogen) atoms. The van der Waals surface area contributed by atoms with Gasteiger partial charge in [-0.2, -0.15) is 0 Å². The number of esters is 1. The van der Waals surface area contributed by atoms with Crippen LogP contribution in [0.5, 0.6) is 5.75 Å². The minimum atomic E-state index is -0.631. The van der Waals surface area contributed by atoms with Gasteiger partial charge in [-0.1, -0.05) is 17.3 Å². The summed E-state index contributed by atoms with van der Waals surface area (Å²) in [6.45, 7) is 3.35. The molecule has 0 fully saturated rings. The summed E-state index contributed by atoms with van der Waals surface area (Å²) >= 11 is 0. The number of nitrogens with one attached hydrogen (secondary N) is 1. The fourth-order valence-electron chi connectivity index (χ4n) is 2.62. The number of rotatable bonds is 6. The van der Waals surface area contributed by atoms with Crippen LogP contribution in [0.15, 0.2) is 34.9 Å². The number of carbonyl (C=O) groups is 2. The van der Waals surface area contributed by atoms with E-state index in [1.54, 1.807) is 27.0 Å². The number of aryl methyl sites for hydroxylation is 2. The van der Waals surface area contributed by atoms with Gasteiger partial charge in [0.1, 0.15) is 5.75 Å². The zero-order valence-electron chi connectivity index (χ0n) is 15.2. The lowest BCUT2D eigenvalue weighted by Gasteiger charge is -2.08. The quantitative estimate of drug-likeness (QED) is 0.665. The first kappa shape index (κ1) is 18.4. The summed E-state index contributed by atoms with van der Waals surface area (Å²) in [4.78, 5) is 28.6. The van der Waals surface area contributed by atoms with Crippen molar-refractivity contribution in [3.63, 3.8) is 0 Å². The zero-order valence-corrected chi connectivity index (χ0v) is 15.2. The molecular formula is C19H19N3O5. The van der Waals surface area contributed by atoms with Crippen LogP contribution in [0.1, 0.15) is 27.3 Å². The van der Waals surface area contributed by atoms with Gasteiger partial charge in [-0.05, 0) is 37.6 Å². The summed E-state index contributed by atoms with van der Waals surface area (Å²) in [6.07, 6.45) is 0. The summed E-state index contributed by atoms with van der Waals surface area (Å²) in [5, 5.41) is 7.00. The molecule has 0 aliphatic heterocycles. The van der Waals surface area contributed by atoms with Gasteiger partial charge in [-0.25, -0.2) is 9.78 Å². The molecular weight excluding hydrogens is 350 g/mol. The van der Waals surface area contributed by atoms with Crippen molar-refractivity contribution in [1.82, 2.24) is 15.5 Å². The summed E-state index contributed by atoms with van der Waals surface area (Å²) in [7, 11) is 1.58. The maximum absolute atomic E-state index is 12.4. The molecule has 0 aliphatic carbocycles. The van der Waals surface area contributed by atoms with Crippen molar-refractivity contribution in [3.8, 4) is 5.75 Å². The zero-order chi connectivity index (χ0) is 19.4. The normalized spacial score (nSPS) is 10.6. The molecule has 0 saturated heterocycles. The summed E-state index contributed by atoms with van der Waals surface area (Å²) in [5.74, 6) is -0.335. The molecule has 8 nitrogen and oxygen atoms in total. The van der Waals surface area contributed by atoms with Gasteiger partial charge >= 0.3 is 5.97 Å². The Balaban J connectivity index is 1.60. The molecule has 0 unspecified atom stereocenters. The highest BCUT2D eigenvalue weighted by Gasteiger charge is 2.19. The molecule has 140 valence electrons.